The summed E-state index contributed by atoms with van der Waals surface area (Å²) in [5, 5.41) is 6.85. The van der Waals surface area contributed by atoms with Gasteiger partial charge in [-0.1, -0.05) is 50.0 Å². The van der Waals surface area contributed by atoms with Crippen molar-refractivity contribution in [1.82, 2.24) is 24.5 Å². The van der Waals surface area contributed by atoms with Crippen molar-refractivity contribution >= 4 is 22.8 Å². The van der Waals surface area contributed by atoms with Crippen molar-refractivity contribution in [3.63, 3.8) is 0 Å². The van der Waals surface area contributed by atoms with Gasteiger partial charge >= 0.3 is 0 Å². The Morgan fingerprint density at radius 1 is 0.975 bits per heavy atom. The number of ether oxygens (including phenoxy) is 2. The molecule has 0 N–H and O–H groups in total. The van der Waals surface area contributed by atoms with Crippen LogP contribution in [0.15, 0.2) is 66.5 Å². The number of carbonyl (C=O) groups is 1. The second-order valence-electron chi connectivity index (χ2n) is 10.7. The molecule has 1 fully saturated rings. The van der Waals surface area contributed by atoms with E-state index < -0.39 is 0 Å². The monoisotopic (exact) mass is 540 g/mol. The third-order valence-electron chi connectivity index (χ3n) is 8.16. The van der Waals surface area contributed by atoms with Crippen molar-refractivity contribution in [2.45, 2.75) is 64.0 Å². The quantitative estimate of drug-likeness (QED) is 0.269. The third-order valence-corrected chi connectivity index (χ3v) is 8.16. The molecule has 2 atom stereocenters. The zero-order valence-electron chi connectivity index (χ0n) is 23.0. The Morgan fingerprint density at radius 2 is 1.80 bits per heavy atom. The van der Waals surface area contributed by atoms with Crippen LogP contribution in [0.1, 0.15) is 56.9 Å². The summed E-state index contributed by atoms with van der Waals surface area (Å²) in [5.74, 6) is 1.18. The number of hydrogen-bond acceptors (Lipinski definition) is 7. The number of unbranched alkanes of at least 4 members (excludes halogenated alkanes) is 1. The van der Waals surface area contributed by atoms with Crippen molar-refractivity contribution in [3.8, 4) is 11.5 Å². The summed E-state index contributed by atoms with van der Waals surface area (Å²) < 4.78 is 13.9. The molecule has 6 rings (SSSR count). The Morgan fingerprint density at radius 3 is 2.62 bits per heavy atom. The van der Waals surface area contributed by atoms with Crippen LogP contribution in [-0.2, 0) is 11.3 Å². The van der Waals surface area contributed by atoms with Crippen LogP contribution >= 0.6 is 0 Å². The standard InChI is InChI=1S/C31H36N6O3/c1-39-27-15-14-22(18-28(27)40-17-9-8-16-36-21-34-30-26(36)19-32-20-33-30)29-24-12-6-7-13-25(24)31(38)37(35-29)23-10-4-2-3-5-11-23/h6-7,12-15,18-21,23-25H,2-5,8-11,16-17H2,1H3/t24-,25+/m0/s1. The zero-order chi connectivity index (χ0) is 27.3. The Labute approximate surface area is 234 Å². The lowest BCUT2D eigenvalue weighted by Gasteiger charge is -2.38. The molecule has 0 unspecified atom stereocenters. The maximum Gasteiger partial charge on any atom is 0.250 e. The van der Waals surface area contributed by atoms with Gasteiger partial charge in [-0.25, -0.2) is 20.0 Å². The highest BCUT2D eigenvalue weighted by Gasteiger charge is 2.40. The zero-order valence-corrected chi connectivity index (χ0v) is 23.0. The number of hydrogen-bond donors (Lipinski definition) is 0. The topological polar surface area (TPSA) is 94.7 Å². The van der Waals surface area contributed by atoms with Gasteiger partial charge in [0.15, 0.2) is 17.1 Å². The summed E-state index contributed by atoms with van der Waals surface area (Å²) in [6, 6.07) is 6.15. The van der Waals surface area contributed by atoms with Gasteiger partial charge in [-0.3, -0.25) is 4.79 Å². The predicted molar refractivity (Wildman–Crippen MR) is 153 cm³/mol. The number of aromatic nitrogens is 4. The van der Waals surface area contributed by atoms with E-state index in [1.165, 1.54) is 19.2 Å². The highest BCUT2D eigenvalue weighted by molar-refractivity contribution is 6.08. The molecule has 3 heterocycles. The summed E-state index contributed by atoms with van der Waals surface area (Å²) in [7, 11) is 1.66. The van der Waals surface area contributed by atoms with Crippen LogP contribution in [0.3, 0.4) is 0 Å². The molecule has 0 saturated heterocycles. The van der Waals surface area contributed by atoms with Gasteiger partial charge in [0.1, 0.15) is 11.8 Å². The number of aryl methyl sites for hydroxylation is 1. The minimum atomic E-state index is -0.225. The lowest BCUT2D eigenvalue weighted by Crippen LogP contribution is -2.48. The van der Waals surface area contributed by atoms with E-state index >= 15 is 0 Å². The molecule has 3 aliphatic rings. The average Bonchev–Trinajstić information content (AvgIpc) is 3.21. The highest BCUT2D eigenvalue weighted by Crippen LogP contribution is 2.36. The third kappa shape index (κ3) is 5.37. The molecule has 40 heavy (non-hydrogen) atoms. The first kappa shape index (κ1) is 26.2. The van der Waals surface area contributed by atoms with E-state index in [9.17, 15) is 4.79 Å². The minimum absolute atomic E-state index is 0.0882. The molecule has 1 amide bonds. The van der Waals surface area contributed by atoms with E-state index in [0.29, 0.717) is 23.8 Å². The molecule has 2 aromatic heterocycles. The van der Waals surface area contributed by atoms with Gasteiger partial charge in [-0.05, 0) is 43.9 Å². The largest absolute Gasteiger partial charge is 0.493 e. The Hall–Kier alpha value is -4.01. The molecule has 1 aliphatic heterocycles. The second-order valence-corrected chi connectivity index (χ2v) is 10.7. The van der Waals surface area contributed by atoms with Crippen LogP contribution in [0, 0.1) is 11.8 Å². The number of hydrazone groups is 1. The van der Waals surface area contributed by atoms with Gasteiger partial charge in [0.05, 0.1) is 43.9 Å². The van der Waals surface area contributed by atoms with Crippen LogP contribution in [0.2, 0.25) is 0 Å². The molecule has 3 aromatic rings. The molecule has 9 nitrogen and oxygen atoms in total. The van der Waals surface area contributed by atoms with E-state index in [-0.39, 0.29) is 23.8 Å². The fourth-order valence-corrected chi connectivity index (χ4v) is 6.00. The molecule has 0 bridgehead atoms. The van der Waals surface area contributed by atoms with Crippen molar-refractivity contribution < 1.29 is 14.3 Å². The molecular formula is C31H36N6O3. The highest BCUT2D eigenvalue weighted by atomic mass is 16.5. The van der Waals surface area contributed by atoms with Crippen LogP contribution in [0.4, 0.5) is 0 Å². The lowest BCUT2D eigenvalue weighted by molar-refractivity contribution is -0.138. The first-order chi connectivity index (χ1) is 19.7. The Bertz CT molecular complexity index is 1440. The van der Waals surface area contributed by atoms with Crippen LogP contribution < -0.4 is 9.47 Å². The first-order valence-electron chi connectivity index (χ1n) is 14.4. The van der Waals surface area contributed by atoms with Crippen LogP contribution in [0.25, 0.3) is 11.2 Å². The van der Waals surface area contributed by atoms with Crippen LogP contribution in [-0.4, -0.2) is 55.9 Å². The summed E-state index contributed by atoms with van der Waals surface area (Å²) >= 11 is 0. The van der Waals surface area contributed by atoms with Gasteiger partial charge in [0, 0.05) is 18.0 Å². The molecular weight excluding hydrogens is 504 g/mol. The number of methoxy groups -OCH3 is 1. The van der Waals surface area contributed by atoms with Crippen molar-refractivity contribution in [1.29, 1.82) is 0 Å². The minimum Gasteiger partial charge on any atom is -0.493 e. The molecule has 2 aliphatic carbocycles. The van der Waals surface area contributed by atoms with Gasteiger partial charge in [0.2, 0.25) is 0 Å². The van der Waals surface area contributed by atoms with Crippen molar-refractivity contribution in [3.05, 3.63) is 66.9 Å². The number of benzene rings is 1. The summed E-state index contributed by atoms with van der Waals surface area (Å²) in [6.07, 6.45) is 21.8. The van der Waals surface area contributed by atoms with Gasteiger partial charge in [-0.2, -0.15) is 5.10 Å². The number of nitrogens with zero attached hydrogens (tertiary/aromatic N) is 6. The molecule has 9 heteroatoms. The van der Waals surface area contributed by atoms with Crippen molar-refractivity contribution in [2.75, 3.05) is 13.7 Å². The van der Waals surface area contributed by atoms with Gasteiger partial charge < -0.3 is 14.0 Å². The fourth-order valence-electron chi connectivity index (χ4n) is 6.00. The number of allylic oxidation sites excluding steroid dienone is 3. The number of carbonyl (C=O) groups excluding carboxylic acids is 1. The molecule has 0 spiro atoms. The molecule has 1 aromatic carbocycles. The predicted octanol–water partition coefficient (Wildman–Crippen LogP) is 5.32. The maximum absolute atomic E-state index is 13.6. The summed E-state index contributed by atoms with van der Waals surface area (Å²) in [4.78, 5) is 26.2. The van der Waals surface area contributed by atoms with E-state index in [2.05, 4.69) is 25.6 Å². The van der Waals surface area contributed by atoms with E-state index in [1.807, 2.05) is 42.8 Å². The SMILES string of the molecule is COc1ccc(C2=NN(C3CCCCCC3)C(=O)[C@@H]3C=CC=C[C@H]23)cc1OCCCCn1cnc2ncncc21. The number of amides is 1. The molecule has 208 valence electrons. The number of rotatable bonds is 9. The molecule has 0 radical (unpaired) electrons. The Balaban J connectivity index is 1.18. The van der Waals surface area contributed by atoms with E-state index in [1.54, 1.807) is 18.3 Å². The normalized spacial score (nSPS) is 21.3. The molecule has 1 saturated carbocycles. The second kappa shape index (κ2) is 12.0. The number of fused-ring (bicyclic) bond motifs is 2. The average molecular weight is 541 g/mol. The summed E-state index contributed by atoms with van der Waals surface area (Å²) in [6.45, 7) is 1.37. The van der Waals surface area contributed by atoms with E-state index in [4.69, 9.17) is 14.6 Å². The van der Waals surface area contributed by atoms with Crippen molar-refractivity contribution in [2.24, 2.45) is 16.9 Å². The number of imidazole rings is 1. The van der Waals surface area contributed by atoms with Gasteiger partial charge in [0.25, 0.3) is 5.91 Å². The summed E-state index contributed by atoms with van der Waals surface area (Å²) in [5.41, 5.74) is 3.52. The fraction of sp³-hybridized carbons (Fsp3) is 0.452. The smallest absolute Gasteiger partial charge is 0.250 e. The van der Waals surface area contributed by atoms with Gasteiger partial charge in [-0.15, -0.1) is 0 Å². The Kier molecular flexibility index (Phi) is 7.88. The van der Waals surface area contributed by atoms with E-state index in [0.717, 1.165) is 61.9 Å². The first-order valence-corrected chi connectivity index (χ1v) is 14.4. The van der Waals surface area contributed by atoms with Crippen LogP contribution in [0.5, 0.6) is 11.5 Å². The maximum atomic E-state index is 13.6. The lowest BCUT2D eigenvalue weighted by atomic mass is 9.80.